The van der Waals surface area contributed by atoms with E-state index in [1.807, 2.05) is 11.6 Å². The lowest BCUT2D eigenvalue weighted by Gasteiger charge is -2.13. The van der Waals surface area contributed by atoms with Gasteiger partial charge in [-0.05, 0) is 50.8 Å². The molecule has 1 aliphatic rings. The van der Waals surface area contributed by atoms with Crippen LogP contribution in [0.3, 0.4) is 0 Å². The van der Waals surface area contributed by atoms with Gasteiger partial charge in [0.25, 0.3) is 0 Å². The molecule has 3 rings (SSSR count). The van der Waals surface area contributed by atoms with E-state index in [4.69, 9.17) is 4.99 Å². The zero-order chi connectivity index (χ0) is 17.6. The van der Waals surface area contributed by atoms with Gasteiger partial charge in [-0.25, -0.2) is 9.67 Å². The number of nitrogens with one attached hydrogen (secondary N) is 2. The Kier molecular flexibility index (Phi) is 7.93. The third-order valence-electron chi connectivity index (χ3n) is 4.52. The number of benzene rings is 1. The topological polar surface area (TPSA) is 54.2 Å². The minimum atomic E-state index is 0. The van der Waals surface area contributed by atoms with Gasteiger partial charge < -0.3 is 10.6 Å². The second-order valence-electron chi connectivity index (χ2n) is 6.82. The highest BCUT2D eigenvalue weighted by Crippen LogP contribution is 2.31. The van der Waals surface area contributed by atoms with Gasteiger partial charge in [0.15, 0.2) is 5.96 Å². The molecule has 1 aliphatic carbocycles. The van der Waals surface area contributed by atoms with Gasteiger partial charge in [0.2, 0.25) is 0 Å². The first-order valence-corrected chi connectivity index (χ1v) is 9.31. The maximum absolute atomic E-state index is 4.78. The molecule has 1 fully saturated rings. The Bertz CT molecular complexity index is 734. The molecule has 2 N–H and O–H groups in total. The maximum Gasteiger partial charge on any atom is 0.191 e. The molecule has 1 saturated carbocycles. The highest BCUT2D eigenvalue weighted by molar-refractivity contribution is 14.0. The molecule has 0 radical (unpaired) electrons. The molecule has 0 amide bonds. The van der Waals surface area contributed by atoms with Gasteiger partial charge in [-0.3, -0.25) is 0 Å². The fourth-order valence-electron chi connectivity index (χ4n) is 3.03. The molecule has 142 valence electrons. The van der Waals surface area contributed by atoms with Gasteiger partial charge in [-0.2, -0.15) is 5.10 Å². The predicted molar refractivity (Wildman–Crippen MR) is 119 cm³/mol. The van der Waals surface area contributed by atoms with Crippen LogP contribution in [0.2, 0.25) is 0 Å². The average molecular weight is 467 g/mol. The molecular weight excluding hydrogens is 437 g/mol. The summed E-state index contributed by atoms with van der Waals surface area (Å²) in [6.07, 6.45) is 4.03. The van der Waals surface area contributed by atoms with Crippen molar-refractivity contribution in [3.63, 3.8) is 0 Å². The average Bonchev–Trinajstić information content (AvgIpc) is 3.36. The van der Waals surface area contributed by atoms with Crippen molar-refractivity contribution in [1.29, 1.82) is 0 Å². The molecule has 1 aromatic heterocycles. The van der Waals surface area contributed by atoms with Crippen molar-refractivity contribution in [3.8, 4) is 5.69 Å². The fourth-order valence-corrected chi connectivity index (χ4v) is 3.03. The lowest BCUT2D eigenvalue weighted by Crippen LogP contribution is -2.37. The van der Waals surface area contributed by atoms with E-state index in [2.05, 4.69) is 59.9 Å². The Balaban J connectivity index is 0.00000243. The van der Waals surface area contributed by atoms with E-state index in [9.17, 15) is 0 Å². The molecule has 0 aliphatic heterocycles. The number of guanidine groups is 1. The summed E-state index contributed by atoms with van der Waals surface area (Å²) in [5.41, 5.74) is 4.45. The molecule has 2 aromatic rings. The van der Waals surface area contributed by atoms with Gasteiger partial charge in [0.1, 0.15) is 0 Å². The van der Waals surface area contributed by atoms with Crippen LogP contribution in [-0.2, 0) is 6.54 Å². The summed E-state index contributed by atoms with van der Waals surface area (Å²) in [4.78, 5) is 4.78. The highest BCUT2D eigenvalue weighted by Gasteiger charge is 2.20. The number of aromatic nitrogens is 2. The van der Waals surface area contributed by atoms with E-state index in [0.29, 0.717) is 6.54 Å². The molecule has 0 saturated heterocycles. The number of rotatable bonds is 7. The van der Waals surface area contributed by atoms with Gasteiger partial charge >= 0.3 is 0 Å². The Labute approximate surface area is 173 Å². The van der Waals surface area contributed by atoms with E-state index in [-0.39, 0.29) is 24.0 Å². The van der Waals surface area contributed by atoms with E-state index in [1.54, 1.807) is 0 Å². The number of para-hydroxylation sites is 1. The van der Waals surface area contributed by atoms with Crippen molar-refractivity contribution < 1.29 is 0 Å². The zero-order valence-corrected chi connectivity index (χ0v) is 18.3. The Hall–Kier alpha value is -1.57. The van der Waals surface area contributed by atoms with Crippen LogP contribution in [0.5, 0.6) is 0 Å². The van der Waals surface area contributed by atoms with Crippen LogP contribution >= 0.6 is 24.0 Å². The van der Waals surface area contributed by atoms with Gasteiger partial charge in [-0.1, -0.05) is 31.0 Å². The van der Waals surface area contributed by atoms with Crippen LogP contribution in [0.4, 0.5) is 0 Å². The van der Waals surface area contributed by atoms with E-state index in [1.165, 1.54) is 24.8 Å². The summed E-state index contributed by atoms with van der Waals surface area (Å²) in [5.74, 6) is 1.83. The van der Waals surface area contributed by atoms with Gasteiger partial charge in [0.05, 0.1) is 17.9 Å². The van der Waals surface area contributed by atoms with Crippen LogP contribution < -0.4 is 10.6 Å². The molecule has 0 atom stereocenters. The van der Waals surface area contributed by atoms with Crippen molar-refractivity contribution in [3.05, 3.63) is 47.3 Å². The standard InChI is InChI=1S/C20H29N5.HI/c1-4-21-20(22-12-11-17-9-10-17)23-14-18-7-5-6-8-19(18)25-16(3)13-15(2)24-25;/h5-8,13,17H,4,9-12,14H2,1-3H3,(H2,21,22,23);1H. The zero-order valence-electron chi connectivity index (χ0n) is 16.0. The summed E-state index contributed by atoms with van der Waals surface area (Å²) in [6.45, 7) is 8.71. The van der Waals surface area contributed by atoms with E-state index in [0.717, 1.165) is 42.0 Å². The van der Waals surface area contributed by atoms with Crippen molar-refractivity contribution in [2.75, 3.05) is 13.1 Å². The first kappa shape index (κ1) is 20.7. The second kappa shape index (κ2) is 9.94. The van der Waals surface area contributed by atoms with E-state index >= 15 is 0 Å². The number of aliphatic imine (C=N–C) groups is 1. The summed E-state index contributed by atoms with van der Waals surface area (Å²) >= 11 is 0. The normalized spacial score (nSPS) is 14.0. The van der Waals surface area contributed by atoms with Crippen LogP contribution in [0.15, 0.2) is 35.3 Å². The number of hydrogen-bond acceptors (Lipinski definition) is 2. The van der Waals surface area contributed by atoms with Gasteiger partial charge in [0, 0.05) is 18.8 Å². The van der Waals surface area contributed by atoms with Gasteiger partial charge in [-0.15, -0.1) is 24.0 Å². The third-order valence-corrected chi connectivity index (χ3v) is 4.52. The summed E-state index contributed by atoms with van der Waals surface area (Å²) in [5, 5.41) is 11.4. The van der Waals surface area contributed by atoms with Crippen molar-refractivity contribution >= 4 is 29.9 Å². The molecule has 1 aromatic carbocycles. The van der Waals surface area contributed by atoms with Crippen molar-refractivity contribution in [2.24, 2.45) is 10.9 Å². The summed E-state index contributed by atoms with van der Waals surface area (Å²) in [6, 6.07) is 10.5. The fraction of sp³-hybridized carbons (Fsp3) is 0.500. The third kappa shape index (κ3) is 5.72. The first-order chi connectivity index (χ1) is 12.2. The van der Waals surface area contributed by atoms with Crippen LogP contribution in [0.1, 0.15) is 43.1 Å². The molecular formula is C20H30IN5. The van der Waals surface area contributed by atoms with Crippen LogP contribution in [0, 0.1) is 19.8 Å². The quantitative estimate of drug-likeness (QED) is 0.368. The Morgan fingerprint density at radius 2 is 2.00 bits per heavy atom. The Morgan fingerprint density at radius 3 is 2.65 bits per heavy atom. The summed E-state index contributed by atoms with van der Waals surface area (Å²) < 4.78 is 2.01. The number of aryl methyl sites for hydroxylation is 2. The number of hydrogen-bond donors (Lipinski definition) is 2. The van der Waals surface area contributed by atoms with Crippen LogP contribution in [0.25, 0.3) is 5.69 Å². The second-order valence-corrected chi connectivity index (χ2v) is 6.82. The Morgan fingerprint density at radius 1 is 1.23 bits per heavy atom. The highest BCUT2D eigenvalue weighted by atomic mass is 127. The van der Waals surface area contributed by atoms with Crippen LogP contribution in [-0.4, -0.2) is 28.8 Å². The molecule has 6 heteroatoms. The molecule has 0 unspecified atom stereocenters. The summed E-state index contributed by atoms with van der Waals surface area (Å²) in [7, 11) is 0. The minimum Gasteiger partial charge on any atom is -0.357 e. The lowest BCUT2D eigenvalue weighted by atomic mass is 10.2. The molecule has 1 heterocycles. The molecule has 26 heavy (non-hydrogen) atoms. The molecule has 0 spiro atoms. The lowest BCUT2D eigenvalue weighted by molar-refractivity contribution is 0.685. The largest absolute Gasteiger partial charge is 0.357 e. The molecule has 0 bridgehead atoms. The number of nitrogens with zero attached hydrogens (tertiary/aromatic N) is 3. The maximum atomic E-state index is 4.78. The van der Waals surface area contributed by atoms with Crippen molar-refractivity contribution in [1.82, 2.24) is 20.4 Å². The monoisotopic (exact) mass is 467 g/mol. The minimum absolute atomic E-state index is 0. The van der Waals surface area contributed by atoms with Crippen molar-refractivity contribution in [2.45, 2.75) is 46.6 Å². The molecule has 5 nitrogen and oxygen atoms in total. The predicted octanol–water partition coefficient (Wildman–Crippen LogP) is 3.96. The van der Waals surface area contributed by atoms with E-state index < -0.39 is 0 Å². The smallest absolute Gasteiger partial charge is 0.191 e. The SMILES string of the molecule is CCNC(=NCc1ccccc1-n1nc(C)cc1C)NCCC1CC1.I. The first-order valence-electron chi connectivity index (χ1n) is 9.31. The number of halogens is 1.